The lowest BCUT2D eigenvalue weighted by atomic mass is 9.65. The van der Waals surface area contributed by atoms with Crippen LogP contribution in [0.25, 0.3) is 0 Å². The van der Waals surface area contributed by atoms with E-state index in [4.69, 9.17) is 0 Å². The van der Waals surface area contributed by atoms with E-state index in [0.29, 0.717) is 0 Å². The molecule has 0 fully saturated rings. The van der Waals surface area contributed by atoms with Crippen LogP contribution in [0, 0.1) is 10.8 Å². The van der Waals surface area contributed by atoms with E-state index in [9.17, 15) is 9.90 Å². The summed E-state index contributed by atoms with van der Waals surface area (Å²) in [4.78, 5) is 11.2. The third kappa shape index (κ3) is 6.95. The zero-order chi connectivity index (χ0) is 14.2. The van der Waals surface area contributed by atoms with Crippen LogP contribution in [0.3, 0.4) is 0 Å². The van der Waals surface area contributed by atoms with Crippen LogP contribution in [0.1, 0.15) is 86.0 Å². The summed E-state index contributed by atoms with van der Waals surface area (Å²) < 4.78 is 0. The summed E-state index contributed by atoms with van der Waals surface area (Å²) in [6.45, 7) is 9.87. The Hall–Kier alpha value is -0.570. The highest BCUT2D eigenvalue weighted by molar-refractivity contribution is 5.72. The zero-order valence-electron chi connectivity index (χ0n) is 14.0. The predicted molar refractivity (Wildman–Crippen MR) is 81.2 cm³/mol. The van der Waals surface area contributed by atoms with Crippen molar-refractivity contribution in [2.45, 2.75) is 86.0 Å². The first-order valence-electron chi connectivity index (χ1n) is 7.47. The SMILES string of the molecule is CCCCCCCCCC(C)(C)C(C)(C)C(=O)[O-].[NH4+]. The summed E-state index contributed by atoms with van der Waals surface area (Å²) in [6, 6.07) is 0. The predicted octanol–water partition coefficient (Wildman–Crippen LogP) is 4.31. The van der Waals surface area contributed by atoms with Gasteiger partial charge in [0.25, 0.3) is 0 Å². The van der Waals surface area contributed by atoms with E-state index in [2.05, 4.69) is 6.92 Å². The first kappa shape index (κ1) is 20.7. The average Bonchev–Trinajstić information content (AvgIpc) is 2.27. The number of unbranched alkanes of at least 4 members (excludes halogenated alkanes) is 6. The standard InChI is InChI=1S/C16H32O2.H3N/c1-6-7-8-9-10-11-12-13-15(2,3)16(4,5)14(17)18;/h6-13H2,1-5H3,(H,17,18);1H3. The van der Waals surface area contributed by atoms with Gasteiger partial charge in [-0.05, 0) is 11.8 Å². The molecule has 4 N–H and O–H groups in total. The minimum atomic E-state index is -0.935. The normalized spacial score (nSPS) is 12.1. The molecular formula is C16H35NO2. The molecule has 19 heavy (non-hydrogen) atoms. The Balaban J connectivity index is 0. The fourth-order valence-electron chi connectivity index (χ4n) is 2.11. The van der Waals surface area contributed by atoms with Gasteiger partial charge in [-0.2, -0.15) is 0 Å². The molecular weight excluding hydrogens is 238 g/mol. The van der Waals surface area contributed by atoms with Gasteiger partial charge in [-0.3, -0.25) is 0 Å². The molecule has 0 amide bonds. The van der Waals surface area contributed by atoms with Crippen molar-refractivity contribution in [3.8, 4) is 0 Å². The fourth-order valence-corrected chi connectivity index (χ4v) is 2.11. The summed E-state index contributed by atoms with van der Waals surface area (Å²) in [7, 11) is 0. The lowest BCUT2D eigenvalue weighted by molar-refractivity contribution is -0.323. The Labute approximate surface area is 119 Å². The van der Waals surface area contributed by atoms with Crippen molar-refractivity contribution in [2.75, 3.05) is 0 Å². The van der Waals surface area contributed by atoms with Gasteiger partial charge >= 0.3 is 0 Å². The first-order chi connectivity index (χ1) is 8.25. The van der Waals surface area contributed by atoms with Crippen LogP contribution in [-0.4, -0.2) is 5.97 Å². The topological polar surface area (TPSA) is 76.6 Å². The molecule has 0 radical (unpaired) electrons. The molecule has 0 unspecified atom stereocenters. The van der Waals surface area contributed by atoms with E-state index in [0.717, 1.165) is 12.8 Å². The molecule has 3 nitrogen and oxygen atoms in total. The maximum absolute atomic E-state index is 11.2. The second-order valence-corrected chi connectivity index (χ2v) is 6.67. The third-order valence-electron chi connectivity index (χ3n) is 4.61. The maximum Gasteiger partial charge on any atom is 0.0476 e. The number of carbonyl (C=O) groups excluding carboxylic acids is 1. The lowest BCUT2D eigenvalue weighted by Crippen LogP contribution is -2.47. The Morgan fingerprint density at radius 2 is 1.32 bits per heavy atom. The molecule has 0 aliphatic rings. The molecule has 0 aromatic rings. The van der Waals surface area contributed by atoms with E-state index in [1.54, 1.807) is 13.8 Å². The van der Waals surface area contributed by atoms with E-state index in [1.807, 2.05) is 13.8 Å². The van der Waals surface area contributed by atoms with Crippen LogP contribution >= 0.6 is 0 Å². The highest BCUT2D eigenvalue weighted by Crippen LogP contribution is 2.42. The number of hydrogen-bond donors (Lipinski definition) is 1. The second kappa shape index (κ2) is 9.35. The summed E-state index contributed by atoms with van der Waals surface area (Å²) >= 11 is 0. The second-order valence-electron chi connectivity index (χ2n) is 6.67. The Morgan fingerprint density at radius 1 is 0.895 bits per heavy atom. The molecule has 0 aliphatic heterocycles. The summed E-state index contributed by atoms with van der Waals surface area (Å²) in [5.74, 6) is -0.935. The van der Waals surface area contributed by atoms with E-state index < -0.39 is 11.4 Å². The fraction of sp³-hybridized carbons (Fsp3) is 0.938. The van der Waals surface area contributed by atoms with Gasteiger partial charge in [0.05, 0.1) is 0 Å². The molecule has 0 aromatic carbocycles. The van der Waals surface area contributed by atoms with Crippen molar-refractivity contribution in [2.24, 2.45) is 10.8 Å². The third-order valence-corrected chi connectivity index (χ3v) is 4.61. The number of hydrogen-bond acceptors (Lipinski definition) is 2. The van der Waals surface area contributed by atoms with Gasteiger partial charge in [-0.1, -0.05) is 79.6 Å². The van der Waals surface area contributed by atoms with Crippen LogP contribution < -0.4 is 11.3 Å². The maximum atomic E-state index is 11.2. The van der Waals surface area contributed by atoms with Crippen molar-refractivity contribution < 1.29 is 9.90 Å². The van der Waals surface area contributed by atoms with Crippen molar-refractivity contribution in [1.82, 2.24) is 6.15 Å². The van der Waals surface area contributed by atoms with Gasteiger partial charge in [-0.25, -0.2) is 0 Å². The minimum Gasteiger partial charge on any atom is -0.550 e. The molecule has 0 spiro atoms. The summed E-state index contributed by atoms with van der Waals surface area (Å²) in [5, 5.41) is 11.2. The molecule has 116 valence electrons. The molecule has 0 rings (SSSR count). The largest absolute Gasteiger partial charge is 0.550 e. The minimum absolute atomic E-state index is 0. The summed E-state index contributed by atoms with van der Waals surface area (Å²) in [6.07, 6.45) is 9.86. The van der Waals surface area contributed by atoms with E-state index in [-0.39, 0.29) is 11.6 Å². The van der Waals surface area contributed by atoms with Gasteiger partial charge < -0.3 is 16.1 Å². The Morgan fingerprint density at radius 3 is 1.74 bits per heavy atom. The number of carbonyl (C=O) groups is 1. The number of carboxylic acid groups (broad SMARTS) is 1. The van der Waals surface area contributed by atoms with Crippen LogP contribution in [0.5, 0.6) is 0 Å². The number of carboxylic acids is 1. The zero-order valence-corrected chi connectivity index (χ0v) is 14.0. The molecule has 0 heterocycles. The van der Waals surface area contributed by atoms with Crippen molar-refractivity contribution >= 4 is 5.97 Å². The Kier molecular flexibility index (Phi) is 10.2. The number of rotatable bonds is 10. The van der Waals surface area contributed by atoms with Crippen molar-refractivity contribution in [3.63, 3.8) is 0 Å². The average molecular weight is 273 g/mol. The van der Waals surface area contributed by atoms with E-state index in [1.165, 1.54) is 38.5 Å². The number of aliphatic carboxylic acids is 1. The van der Waals surface area contributed by atoms with Gasteiger partial charge in [0.15, 0.2) is 0 Å². The molecule has 0 atom stereocenters. The molecule has 3 heteroatoms. The highest BCUT2D eigenvalue weighted by atomic mass is 16.4. The molecule has 0 saturated carbocycles. The van der Waals surface area contributed by atoms with Crippen molar-refractivity contribution in [1.29, 1.82) is 0 Å². The summed E-state index contributed by atoms with van der Waals surface area (Å²) in [5.41, 5.74) is -0.954. The smallest absolute Gasteiger partial charge is 0.0476 e. The van der Waals surface area contributed by atoms with Gasteiger partial charge in [0, 0.05) is 11.4 Å². The lowest BCUT2D eigenvalue weighted by Gasteiger charge is -2.42. The molecule has 0 bridgehead atoms. The van der Waals surface area contributed by atoms with Gasteiger partial charge in [-0.15, -0.1) is 0 Å². The van der Waals surface area contributed by atoms with E-state index >= 15 is 0 Å². The van der Waals surface area contributed by atoms with Crippen LogP contribution in [0.2, 0.25) is 0 Å². The Bertz CT molecular complexity index is 247. The van der Waals surface area contributed by atoms with Crippen molar-refractivity contribution in [3.05, 3.63) is 0 Å². The molecule has 0 saturated heterocycles. The van der Waals surface area contributed by atoms with Gasteiger partial charge in [0.2, 0.25) is 0 Å². The monoisotopic (exact) mass is 273 g/mol. The molecule has 0 aromatic heterocycles. The van der Waals surface area contributed by atoms with Gasteiger partial charge in [0.1, 0.15) is 0 Å². The molecule has 0 aliphatic carbocycles. The first-order valence-corrected chi connectivity index (χ1v) is 7.47. The van der Waals surface area contributed by atoms with Crippen LogP contribution in [0.4, 0.5) is 0 Å². The van der Waals surface area contributed by atoms with Crippen LogP contribution in [0.15, 0.2) is 0 Å². The number of quaternary nitrogens is 1. The van der Waals surface area contributed by atoms with Crippen LogP contribution in [-0.2, 0) is 4.79 Å². The highest BCUT2D eigenvalue weighted by Gasteiger charge is 2.37. The quantitative estimate of drug-likeness (QED) is 0.602.